The zero-order valence-corrected chi connectivity index (χ0v) is 14.1. The molecule has 0 aliphatic rings. The highest BCUT2D eigenvalue weighted by Gasteiger charge is 2.10. The minimum absolute atomic E-state index is 0.00202. The smallest absolute Gasteiger partial charge is 0.191 e. The number of nitrogens with one attached hydrogen (secondary N) is 2. The summed E-state index contributed by atoms with van der Waals surface area (Å²) in [5, 5.41) is 16.0. The Bertz CT molecular complexity index is 674. The van der Waals surface area contributed by atoms with Crippen molar-refractivity contribution in [2.75, 3.05) is 20.2 Å². The van der Waals surface area contributed by atoms with Gasteiger partial charge < -0.3 is 15.7 Å². The fraction of sp³-hybridized carbons (Fsp3) is 0.316. The lowest BCUT2D eigenvalue weighted by atomic mass is 10.0. The van der Waals surface area contributed by atoms with Gasteiger partial charge in [-0.2, -0.15) is 0 Å². The van der Waals surface area contributed by atoms with Gasteiger partial charge in [0.2, 0.25) is 0 Å². The van der Waals surface area contributed by atoms with Crippen LogP contribution in [0.5, 0.6) is 0 Å². The minimum Gasteiger partial charge on any atom is -0.396 e. The first-order chi connectivity index (χ1) is 11.6. The molecule has 5 heteroatoms. The Hall–Kier alpha value is -2.40. The number of benzene rings is 2. The highest BCUT2D eigenvalue weighted by Crippen LogP contribution is 2.13. The standard InChI is InChI=1S/C19H24FN3O/c1-14-10-15(8-9-18(14)20)11-22-19(21-2)23-12-17(13-24)16-6-4-3-5-7-16/h3-10,17,24H,11-13H2,1-2H3,(H2,21,22,23). The van der Waals surface area contributed by atoms with Crippen LogP contribution in [-0.4, -0.2) is 31.3 Å². The third-order valence-corrected chi connectivity index (χ3v) is 3.91. The van der Waals surface area contributed by atoms with Crippen LogP contribution in [-0.2, 0) is 6.54 Å². The number of hydrogen-bond donors (Lipinski definition) is 3. The van der Waals surface area contributed by atoms with E-state index in [0.717, 1.165) is 11.1 Å². The molecule has 0 aliphatic heterocycles. The van der Waals surface area contributed by atoms with Gasteiger partial charge in [0.05, 0.1) is 6.61 Å². The van der Waals surface area contributed by atoms with E-state index in [9.17, 15) is 9.50 Å². The number of aliphatic imine (C=N–C) groups is 1. The predicted octanol–water partition coefficient (Wildman–Crippen LogP) is 2.58. The number of halogens is 1. The Morgan fingerprint density at radius 1 is 1.17 bits per heavy atom. The van der Waals surface area contributed by atoms with Crippen LogP contribution < -0.4 is 10.6 Å². The monoisotopic (exact) mass is 329 g/mol. The fourth-order valence-corrected chi connectivity index (χ4v) is 2.46. The van der Waals surface area contributed by atoms with Gasteiger partial charge in [-0.25, -0.2) is 4.39 Å². The molecule has 1 unspecified atom stereocenters. The molecule has 0 radical (unpaired) electrons. The second-order valence-corrected chi connectivity index (χ2v) is 5.68. The van der Waals surface area contributed by atoms with Crippen molar-refractivity contribution in [2.45, 2.75) is 19.4 Å². The molecule has 0 heterocycles. The molecular weight excluding hydrogens is 305 g/mol. The molecule has 0 aliphatic carbocycles. The average Bonchev–Trinajstić information content (AvgIpc) is 2.62. The minimum atomic E-state index is -0.199. The summed E-state index contributed by atoms with van der Waals surface area (Å²) in [5.41, 5.74) is 2.69. The summed E-state index contributed by atoms with van der Waals surface area (Å²) in [6, 6.07) is 14.9. The first-order valence-electron chi connectivity index (χ1n) is 7.99. The molecule has 0 saturated heterocycles. The largest absolute Gasteiger partial charge is 0.396 e. The van der Waals surface area contributed by atoms with Gasteiger partial charge in [-0.3, -0.25) is 4.99 Å². The molecule has 0 amide bonds. The Kier molecular flexibility index (Phi) is 6.75. The molecule has 2 aromatic rings. The van der Waals surface area contributed by atoms with Crippen LogP contribution in [0.4, 0.5) is 4.39 Å². The van der Waals surface area contributed by atoms with Crippen LogP contribution in [0.3, 0.4) is 0 Å². The predicted molar refractivity (Wildman–Crippen MR) is 95.6 cm³/mol. The number of aliphatic hydroxyl groups excluding tert-OH is 1. The summed E-state index contributed by atoms with van der Waals surface area (Å²) in [4.78, 5) is 4.18. The molecule has 2 rings (SSSR count). The van der Waals surface area contributed by atoms with Crippen molar-refractivity contribution in [3.05, 3.63) is 71.0 Å². The van der Waals surface area contributed by atoms with Gasteiger partial charge in [0.25, 0.3) is 0 Å². The summed E-state index contributed by atoms with van der Waals surface area (Å²) in [6.45, 7) is 2.93. The molecular formula is C19H24FN3O. The Balaban J connectivity index is 1.89. The van der Waals surface area contributed by atoms with Crippen molar-refractivity contribution in [1.29, 1.82) is 0 Å². The van der Waals surface area contributed by atoms with E-state index < -0.39 is 0 Å². The third-order valence-electron chi connectivity index (χ3n) is 3.91. The molecule has 1 atom stereocenters. The molecule has 4 nitrogen and oxygen atoms in total. The van der Waals surface area contributed by atoms with Crippen LogP contribution in [0.1, 0.15) is 22.6 Å². The van der Waals surface area contributed by atoms with E-state index in [2.05, 4.69) is 15.6 Å². The molecule has 24 heavy (non-hydrogen) atoms. The van der Waals surface area contributed by atoms with Gasteiger partial charge in [0.15, 0.2) is 5.96 Å². The Labute approximate surface area is 142 Å². The lowest BCUT2D eigenvalue weighted by molar-refractivity contribution is 0.265. The highest BCUT2D eigenvalue weighted by atomic mass is 19.1. The van der Waals surface area contributed by atoms with E-state index in [1.807, 2.05) is 36.4 Å². The maximum Gasteiger partial charge on any atom is 0.191 e. The van der Waals surface area contributed by atoms with Gasteiger partial charge in [0, 0.05) is 26.1 Å². The summed E-state index contributed by atoms with van der Waals surface area (Å²) in [5.74, 6) is 0.444. The quantitative estimate of drug-likeness (QED) is 0.564. The van der Waals surface area contributed by atoms with Gasteiger partial charge in [-0.15, -0.1) is 0 Å². The molecule has 0 saturated carbocycles. The lowest BCUT2D eigenvalue weighted by Crippen LogP contribution is -2.39. The number of guanidine groups is 1. The molecule has 2 aromatic carbocycles. The molecule has 0 bridgehead atoms. The highest BCUT2D eigenvalue weighted by molar-refractivity contribution is 5.79. The van der Waals surface area contributed by atoms with Crippen molar-refractivity contribution in [1.82, 2.24) is 10.6 Å². The summed E-state index contributed by atoms with van der Waals surface area (Å²) < 4.78 is 13.3. The van der Waals surface area contributed by atoms with Crippen LogP contribution in [0.25, 0.3) is 0 Å². The van der Waals surface area contributed by atoms with E-state index in [1.54, 1.807) is 20.0 Å². The Morgan fingerprint density at radius 3 is 2.54 bits per heavy atom. The zero-order valence-electron chi connectivity index (χ0n) is 14.1. The molecule has 3 N–H and O–H groups in total. The normalized spacial score (nSPS) is 12.8. The molecule has 0 aromatic heterocycles. The van der Waals surface area contributed by atoms with Crippen molar-refractivity contribution < 1.29 is 9.50 Å². The van der Waals surface area contributed by atoms with E-state index in [-0.39, 0.29) is 18.3 Å². The van der Waals surface area contributed by atoms with Gasteiger partial charge in [0.1, 0.15) is 5.82 Å². The Morgan fingerprint density at radius 2 is 1.92 bits per heavy atom. The second-order valence-electron chi connectivity index (χ2n) is 5.68. The number of hydrogen-bond acceptors (Lipinski definition) is 2. The molecule has 0 spiro atoms. The fourth-order valence-electron chi connectivity index (χ4n) is 2.46. The SMILES string of the molecule is CN=C(NCc1ccc(F)c(C)c1)NCC(CO)c1ccccc1. The number of aliphatic hydroxyl groups is 1. The van der Waals surface area contributed by atoms with Crippen LogP contribution in [0.2, 0.25) is 0 Å². The third kappa shape index (κ3) is 5.06. The maximum atomic E-state index is 13.3. The van der Waals surface area contributed by atoms with Gasteiger partial charge in [-0.05, 0) is 29.7 Å². The average molecular weight is 329 g/mol. The van der Waals surface area contributed by atoms with E-state index in [0.29, 0.717) is 24.6 Å². The molecule has 128 valence electrons. The van der Waals surface area contributed by atoms with Gasteiger partial charge in [-0.1, -0.05) is 42.5 Å². The van der Waals surface area contributed by atoms with Crippen molar-refractivity contribution >= 4 is 5.96 Å². The first-order valence-corrected chi connectivity index (χ1v) is 7.99. The number of nitrogens with zero attached hydrogens (tertiary/aromatic N) is 1. The summed E-state index contributed by atoms with van der Waals surface area (Å²) in [7, 11) is 1.70. The summed E-state index contributed by atoms with van der Waals surface area (Å²) in [6.07, 6.45) is 0. The molecule has 0 fully saturated rings. The zero-order chi connectivity index (χ0) is 17.4. The number of rotatable bonds is 6. The van der Waals surface area contributed by atoms with E-state index in [4.69, 9.17) is 0 Å². The topological polar surface area (TPSA) is 56.7 Å². The lowest BCUT2D eigenvalue weighted by Gasteiger charge is -2.18. The van der Waals surface area contributed by atoms with Crippen LogP contribution >= 0.6 is 0 Å². The maximum absolute atomic E-state index is 13.3. The van der Waals surface area contributed by atoms with Crippen molar-refractivity contribution in [3.8, 4) is 0 Å². The second kappa shape index (κ2) is 9.03. The first kappa shape index (κ1) is 17.9. The van der Waals surface area contributed by atoms with Gasteiger partial charge >= 0.3 is 0 Å². The summed E-state index contributed by atoms with van der Waals surface area (Å²) >= 11 is 0. The van der Waals surface area contributed by atoms with Crippen LogP contribution in [0.15, 0.2) is 53.5 Å². The van der Waals surface area contributed by atoms with E-state index in [1.165, 1.54) is 6.07 Å². The number of aryl methyl sites for hydroxylation is 1. The van der Waals surface area contributed by atoms with Crippen molar-refractivity contribution in [3.63, 3.8) is 0 Å². The van der Waals surface area contributed by atoms with Crippen LogP contribution in [0, 0.1) is 12.7 Å². The van der Waals surface area contributed by atoms with Crippen molar-refractivity contribution in [2.24, 2.45) is 4.99 Å². The van der Waals surface area contributed by atoms with E-state index >= 15 is 0 Å².